The molecule has 0 saturated carbocycles. The van der Waals surface area contributed by atoms with Crippen molar-refractivity contribution in [1.82, 2.24) is 5.32 Å². The van der Waals surface area contributed by atoms with E-state index >= 15 is 0 Å². The Labute approximate surface area is 120 Å². The second-order valence-corrected chi connectivity index (χ2v) is 5.17. The zero-order valence-electron chi connectivity index (χ0n) is 10.8. The summed E-state index contributed by atoms with van der Waals surface area (Å²) >= 11 is 3.30. The summed E-state index contributed by atoms with van der Waals surface area (Å²) < 4.78 is 19.5. The molecule has 100 valence electrons. The van der Waals surface area contributed by atoms with Crippen LogP contribution in [0.1, 0.15) is 11.1 Å². The first-order chi connectivity index (χ1) is 9.10. The Morgan fingerprint density at radius 1 is 1.16 bits per heavy atom. The third kappa shape index (κ3) is 3.55. The molecule has 0 spiro atoms. The van der Waals surface area contributed by atoms with Crippen molar-refractivity contribution in [3.05, 3.63) is 57.8 Å². The lowest BCUT2D eigenvalue weighted by Crippen LogP contribution is -2.06. The molecular formula is C15H15BrFNO. The highest BCUT2D eigenvalue weighted by Gasteiger charge is 2.08. The summed E-state index contributed by atoms with van der Waals surface area (Å²) in [5.41, 5.74) is 2.24. The molecule has 4 heteroatoms. The van der Waals surface area contributed by atoms with Crippen LogP contribution in [0.5, 0.6) is 11.5 Å². The van der Waals surface area contributed by atoms with Crippen molar-refractivity contribution in [2.45, 2.75) is 13.5 Å². The van der Waals surface area contributed by atoms with E-state index in [0.29, 0.717) is 10.2 Å². The molecule has 2 rings (SSSR count). The van der Waals surface area contributed by atoms with Gasteiger partial charge in [0.25, 0.3) is 0 Å². The highest BCUT2D eigenvalue weighted by Crippen LogP contribution is 2.32. The van der Waals surface area contributed by atoms with Crippen molar-refractivity contribution in [2.75, 3.05) is 7.05 Å². The average molecular weight is 324 g/mol. The molecule has 0 aliphatic rings. The Morgan fingerprint density at radius 3 is 2.58 bits per heavy atom. The van der Waals surface area contributed by atoms with Gasteiger partial charge in [-0.3, -0.25) is 0 Å². The highest BCUT2D eigenvalue weighted by molar-refractivity contribution is 9.10. The Bertz CT molecular complexity index is 586. The predicted molar refractivity (Wildman–Crippen MR) is 78.1 cm³/mol. The largest absolute Gasteiger partial charge is 0.456 e. The number of ether oxygens (including phenoxy) is 1. The van der Waals surface area contributed by atoms with Crippen molar-refractivity contribution in [3.8, 4) is 11.5 Å². The smallest absolute Gasteiger partial charge is 0.141 e. The van der Waals surface area contributed by atoms with Crippen LogP contribution < -0.4 is 10.1 Å². The van der Waals surface area contributed by atoms with Crippen molar-refractivity contribution >= 4 is 15.9 Å². The number of halogens is 2. The second-order valence-electron chi connectivity index (χ2n) is 4.32. The molecular weight excluding hydrogens is 309 g/mol. The lowest BCUT2D eigenvalue weighted by atomic mass is 10.1. The topological polar surface area (TPSA) is 21.3 Å². The van der Waals surface area contributed by atoms with Gasteiger partial charge >= 0.3 is 0 Å². The van der Waals surface area contributed by atoms with Gasteiger partial charge in [0.15, 0.2) is 0 Å². The molecule has 0 amide bonds. The first-order valence-corrected chi connectivity index (χ1v) is 6.76. The Morgan fingerprint density at radius 2 is 1.89 bits per heavy atom. The van der Waals surface area contributed by atoms with Gasteiger partial charge in [0.2, 0.25) is 0 Å². The van der Waals surface area contributed by atoms with Gasteiger partial charge in [0, 0.05) is 12.1 Å². The van der Waals surface area contributed by atoms with Crippen LogP contribution in [-0.4, -0.2) is 7.05 Å². The van der Waals surface area contributed by atoms with E-state index in [4.69, 9.17) is 4.74 Å². The lowest BCUT2D eigenvalue weighted by molar-refractivity contribution is 0.469. The summed E-state index contributed by atoms with van der Waals surface area (Å²) in [5, 5.41) is 3.11. The quantitative estimate of drug-likeness (QED) is 0.899. The fraction of sp³-hybridized carbons (Fsp3) is 0.200. The molecule has 0 aliphatic heterocycles. The third-order valence-corrected chi connectivity index (χ3v) is 3.32. The Hall–Kier alpha value is -1.39. The van der Waals surface area contributed by atoms with E-state index in [0.717, 1.165) is 17.9 Å². The van der Waals surface area contributed by atoms with Crippen molar-refractivity contribution in [3.63, 3.8) is 0 Å². The molecule has 0 unspecified atom stereocenters. The van der Waals surface area contributed by atoms with Gasteiger partial charge in [-0.15, -0.1) is 0 Å². The lowest BCUT2D eigenvalue weighted by Gasteiger charge is -2.13. The summed E-state index contributed by atoms with van der Waals surface area (Å²) in [6.45, 7) is 2.76. The Kier molecular flexibility index (Phi) is 4.56. The zero-order chi connectivity index (χ0) is 13.8. The van der Waals surface area contributed by atoms with E-state index < -0.39 is 0 Å². The number of hydrogen-bond donors (Lipinski definition) is 1. The molecule has 0 radical (unpaired) electrons. The monoisotopic (exact) mass is 323 g/mol. The number of aryl methyl sites for hydroxylation is 1. The molecule has 0 atom stereocenters. The maximum Gasteiger partial charge on any atom is 0.141 e. The molecule has 0 saturated heterocycles. The second kappa shape index (κ2) is 6.17. The molecule has 0 heterocycles. The molecule has 1 N–H and O–H groups in total. The fourth-order valence-corrected chi connectivity index (χ4v) is 2.24. The first kappa shape index (κ1) is 14.0. The van der Waals surface area contributed by atoms with Gasteiger partial charge in [0.1, 0.15) is 17.3 Å². The van der Waals surface area contributed by atoms with Gasteiger partial charge in [-0.1, -0.05) is 17.7 Å². The number of hydrogen-bond acceptors (Lipinski definition) is 2. The predicted octanol–water partition coefficient (Wildman–Crippen LogP) is 4.41. The van der Waals surface area contributed by atoms with E-state index in [1.54, 1.807) is 6.07 Å². The molecule has 0 bridgehead atoms. The SMILES string of the molecule is CNCc1cc(C)ccc1Oc1ccc(F)cc1Br. The molecule has 2 aromatic rings. The van der Waals surface area contributed by atoms with Gasteiger partial charge in [0.05, 0.1) is 4.47 Å². The minimum Gasteiger partial charge on any atom is -0.456 e. The summed E-state index contributed by atoms with van der Waals surface area (Å²) in [5.74, 6) is 1.08. The van der Waals surface area contributed by atoms with Crippen LogP contribution in [0.3, 0.4) is 0 Å². The van der Waals surface area contributed by atoms with Crippen LogP contribution in [-0.2, 0) is 6.54 Å². The molecule has 0 aromatic heterocycles. The fourth-order valence-electron chi connectivity index (χ4n) is 1.81. The number of benzene rings is 2. The normalized spacial score (nSPS) is 10.5. The van der Waals surface area contributed by atoms with Crippen LogP contribution >= 0.6 is 15.9 Å². The summed E-state index contributed by atoms with van der Waals surface area (Å²) in [7, 11) is 1.89. The number of rotatable bonds is 4. The maximum absolute atomic E-state index is 13.0. The molecule has 19 heavy (non-hydrogen) atoms. The van der Waals surface area contributed by atoms with Gasteiger partial charge in [-0.05, 0) is 54.2 Å². The van der Waals surface area contributed by atoms with Gasteiger partial charge < -0.3 is 10.1 Å². The standard InChI is InChI=1S/C15H15BrFNO/c1-10-3-5-14(11(7-10)9-18-2)19-15-6-4-12(17)8-13(15)16/h3-8,18H,9H2,1-2H3. The van der Waals surface area contributed by atoms with Crippen molar-refractivity contribution in [2.24, 2.45) is 0 Å². The maximum atomic E-state index is 13.0. The molecule has 2 nitrogen and oxygen atoms in total. The summed E-state index contributed by atoms with van der Waals surface area (Å²) in [6.07, 6.45) is 0. The summed E-state index contributed by atoms with van der Waals surface area (Å²) in [6, 6.07) is 10.4. The van der Waals surface area contributed by atoms with Crippen LogP contribution in [0.15, 0.2) is 40.9 Å². The van der Waals surface area contributed by atoms with E-state index in [1.807, 2.05) is 26.1 Å². The van der Waals surface area contributed by atoms with E-state index in [1.165, 1.54) is 17.7 Å². The van der Waals surface area contributed by atoms with Crippen LogP contribution in [0.4, 0.5) is 4.39 Å². The third-order valence-electron chi connectivity index (χ3n) is 2.70. The van der Waals surface area contributed by atoms with Crippen molar-refractivity contribution < 1.29 is 9.13 Å². The molecule has 2 aromatic carbocycles. The zero-order valence-corrected chi connectivity index (χ0v) is 12.4. The van der Waals surface area contributed by atoms with Crippen LogP contribution in [0, 0.1) is 12.7 Å². The van der Waals surface area contributed by atoms with E-state index in [2.05, 4.69) is 27.3 Å². The van der Waals surface area contributed by atoms with Crippen molar-refractivity contribution in [1.29, 1.82) is 0 Å². The van der Waals surface area contributed by atoms with Crippen LogP contribution in [0.25, 0.3) is 0 Å². The van der Waals surface area contributed by atoms with E-state index in [-0.39, 0.29) is 5.82 Å². The number of nitrogens with one attached hydrogen (secondary N) is 1. The minimum atomic E-state index is -0.293. The minimum absolute atomic E-state index is 0.293. The highest BCUT2D eigenvalue weighted by atomic mass is 79.9. The molecule has 0 aliphatic carbocycles. The van der Waals surface area contributed by atoms with Gasteiger partial charge in [-0.2, -0.15) is 0 Å². The first-order valence-electron chi connectivity index (χ1n) is 5.97. The average Bonchev–Trinajstić information content (AvgIpc) is 2.36. The van der Waals surface area contributed by atoms with E-state index in [9.17, 15) is 4.39 Å². The Balaban J connectivity index is 2.32. The molecule has 0 fully saturated rings. The van der Waals surface area contributed by atoms with Gasteiger partial charge in [-0.25, -0.2) is 4.39 Å². The summed E-state index contributed by atoms with van der Waals surface area (Å²) in [4.78, 5) is 0. The van der Waals surface area contributed by atoms with Crippen LogP contribution in [0.2, 0.25) is 0 Å².